The number of fused-ring (bicyclic) bond motifs is 5. The molecule has 2 heterocycles. The van der Waals surface area contributed by atoms with Gasteiger partial charge in [0.25, 0.3) is 0 Å². The predicted molar refractivity (Wildman–Crippen MR) is 189 cm³/mol. The Labute approximate surface area is 294 Å². The van der Waals surface area contributed by atoms with E-state index in [1.54, 1.807) is 13.0 Å². The van der Waals surface area contributed by atoms with E-state index in [4.69, 9.17) is 10.5 Å². The lowest BCUT2D eigenvalue weighted by atomic mass is 9.44. The number of hydrogen-bond donors (Lipinski definition) is 7. The Bertz CT molecular complexity index is 1250. The van der Waals surface area contributed by atoms with E-state index in [9.17, 15) is 30.3 Å². The van der Waals surface area contributed by atoms with Crippen molar-refractivity contribution in [3.8, 4) is 0 Å². The molecule has 3 saturated carbocycles. The minimum atomic E-state index is -1.39. The Morgan fingerprint density at radius 3 is 2.45 bits per heavy atom. The quantitative estimate of drug-likeness (QED) is 0.109. The summed E-state index contributed by atoms with van der Waals surface area (Å²) in [5.41, 5.74) is 1.32. The van der Waals surface area contributed by atoms with Crippen molar-refractivity contribution >= 4 is 5.78 Å². The van der Waals surface area contributed by atoms with Gasteiger partial charge in [-0.15, -0.1) is 0 Å². The van der Waals surface area contributed by atoms with E-state index in [0.717, 1.165) is 76.3 Å². The number of ether oxygens (including phenoxy) is 1. The van der Waals surface area contributed by atoms with Crippen molar-refractivity contribution in [1.82, 2.24) is 5.32 Å². The van der Waals surface area contributed by atoms with Crippen LogP contribution in [-0.2, 0) is 9.53 Å². The SMILES string of the molecule is CCCCCC[C@]12CC[C@H](O)C[C@H]1C(=O)C=C1[C@@H]2CC[C@@]2(C)[C@@H]([C@@](C)(O)[C@@H]3O[C@@H]3[C@](C)(O)[C@](C)(CO)CCC3CCNC(N)C3)CC[C@@]12O. The minimum Gasteiger partial charge on any atom is -0.396 e. The van der Waals surface area contributed by atoms with Crippen LogP contribution in [0.15, 0.2) is 11.6 Å². The summed E-state index contributed by atoms with van der Waals surface area (Å²) in [6.07, 6.45) is 13.5. The molecule has 0 radical (unpaired) electrons. The number of piperidine rings is 1. The van der Waals surface area contributed by atoms with Crippen LogP contribution in [0.25, 0.3) is 0 Å². The third kappa shape index (κ3) is 6.12. The molecule has 8 N–H and O–H groups in total. The first kappa shape index (κ1) is 37.8. The molecule has 4 aliphatic carbocycles. The fourth-order valence-electron chi connectivity index (χ4n) is 12.2. The molecule has 6 aliphatic rings. The Kier molecular flexibility index (Phi) is 10.4. The van der Waals surface area contributed by atoms with Crippen molar-refractivity contribution in [2.75, 3.05) is 13.2 Å². The summed E-state index contributed by atoms with van der Waals surface area (Å²) < 4.78 is 6.24. The number of aliphatic hydroxyl groups is 5. The van der Waals surface area contributed by atoms with Gasteiger partial charge in [0.05, 0.1) is 35.7 Å². The first-order chi connectivity index (χ1) is 23.0. The van der Waals surface area contributed by atoms with Crippen LogP contribution in [0.3, 0.4) is 0 Å². The molecule has 0 bridgehead atoms. The van der Waals surface area contributed by atoms with E-state index in [1.807, 2.05) is 13.8 Å². The fraction of sp³-hybridized carbons (Fsp3) is 0.925. The maximum atomic E-state index is 14.0. The monoisotopic (exact) mass is 689 g/mol. The van der Waals surface area contributed by atoms with Crippen LogP contribution in [0.4, 0.5) is 0 Å². The molecule has 2 saturated heterocycles. The number of allylic oxidation sites excluding steroid dienone is 1. The molecule has 0 aromatic carbocycles. The lowest BCUT2D eigenvalue weighted by molar-refractivity contribution is -0.156. The largest absolute Gasteiger partial charge is 0.396 e. The lowest BCUT2D eigenvalue weighted by Gasteiger charge is -2.61. The molecule has 2 unspecified atom stereocenters. The smallest absolute Gasteiger partial charge is 0.159 e. The van der Waals surface area contributed by atoms with Crippen molar-refractivity contribution in [2.45, 2.75) is 179 Å². The summed E-state index contributed by atoms with van der Waals surface area (Å²) in [6.45, 7) is 10.4. The third-order valence-electron chi connectivity index (χ3n) is 15.8. The van der Waals surface area contributed by atoms with Gasteiger partial charge in [-0.05, 0) is 132 Å². The Morgan fingerprint density at radius 2 is 1.76 bits per heavy atom. The zero-order valence-electron chi connectivity index (χ0n) is 31.1. The van der Waals surface area contributed by atoms with Gasteiger partial charge in [-0.25, -0.2) is 0 Å². The molecular weight excluding hydrogens is 620 g/mol. The first-order valence-electron chi connectivity index (χ1n) is 19.9. The number of aliphatic hydroxyl groups excluding tert-OH is 2. The van der Waals surface area contributed by atoms with E-state index in [-0.39, 0.29) is 41.7 Å². The summed E-state index contributed by atoms with van der Waals surface area (Å²) in [6, 6.07) is 0. The van der Waals surface area contributed by atoms with Crippen LogP contribution in [0.5, 0.6) is 0 Å². The highest BCUT2D eigenvalue weighted by Gasteiger charge is 2.73. The molecule has 2 aliphatic heterocycles. The van der Waals surface area contributed by atoms with Crippen LogP contribution in [0, 0.1) is 39.9 Å². The summed E-state index contributed by atoms with van der Waals surface area (Å²) in [7, 11) is 0. The number of nitrogens with two attached hydrogens (primary N) is 1. The van der Waals surface area contributed by atoms with Crippen LogP contribution >= 0.6 is 0 Å². The standard InChI is InChI=1S/C40H68N2O7/c1-6-7-8-9-15-39-18-11-26(44)22-29(39)30(45)23-28-27(39)12-17-36(3)31(13-19-40(28,36)48)37(4,46)33-34(49-33)38(5,47)35(2,24-43)16-10-25-14-20-42-32(41)21-25/h23,25-27,29,31-34,42-44,46-48H,6-22,24,41H2,1-5H3/t25?,26-,27-,29-,31-,32?,33+,34-,35-,36-,37+,38-,39+,40+/m0/s1. The van der Waals surface area contributed by atoms with Gasteiger partial charge in [-0.3, -0.25) is 4.79 Å². The molecule has 5 fully saturated rings. The van der Waals surface area contributed by atoms with E-state index < -0.39 is 45.9 Å². The lowest BCUT2D eigenvalue weighted by Crippen LogP contribution is -2.62. The molecule has 0 amide bonds. The second-order valence-electron chi connectivity index (χ2n) is 18.5. The Balaban J connectivity index is 1.22. The van der Waals surface area contributed by atoms with Gasteiger partial charge in [0.1, 0.15) is 12.2 Å². The number of nitrogens with one attached hydrogen (secondary N) is 1. The van der Waals surface area contributed by atoms with Crippen molar-refractivity contribution in [3.63, 3.8) is 0 Å². The van der Waals surface area contributed by atoms with E-state index in [1.165, 1.54) is 6.42 Å². The summed E-state index contributed by atoms with van der Waals surface area (Å²) >= 11 is 0. The molecule has 280 valence electrons. The number of hydrogen-bond acceptors (Lipinski definition) is 9. The van der Waals surface area contributed by atoms with Gasteiger partial charge in [-0.1, -0.05) is 46.5 Å². The number of unbranched alkanes of at least 4 members (excludes halogenated alkanes) is 3. The van der Waals surface area contributed by atoms with Gasteiger partial charge < -0.3 is 41.3 Å². The summed E-state index contributed by atoms with van der Waals surface area (Å²) in [5.74, 6) is 0.0701. The molecule has 6 rings (SSSR count). The van der Waals surface area contributed by atoms with Crippen LogP contribution in [0.2, 0.25) is 0 Å². The van der Waals surface area contributed by atoms with Crippen LogP contribution < -0.4 is 11.1 Å². The summed E-state index contributed by atoms with van der Waals surface area (Å²) in [4.78, 5) is 14.0. The highest BCUT2D eigenvalue weighted by molar-refractivity contribution is 5.95. The van der Waals surface area contributed by atoms with Gasteiger partial charge in [-0.2, -0.15) is 0 Å². The fourth-order valence-corrected chi connectivity index (χ4v) is 12.2. The van der Waals surface area contributed by atoms with Crippen LogP contribution in [0.1, 0.15) is 137 Å². The Morgan fingerprint density at radius 1 is 1.00 bits per heavy atom. The maximum absolute atomic E-state index is 14.0. The zero-order chi connectivity index (χ0) is 35.6. The van der Waals surface area contributed by atoms with Gasteiger partial charge in [0.15, 0.2) is 5.78 Å². The molecule has 0 spiro atoms. The van der Waals surface area contributed by atoms with Gasteiger partial charge >= 0.3 is 0 Å². The average Bonchev–Trinajstić information content (AvgIpc) is 3.83. The van der Waals surface area contributed by atoms with Gasteiger partial charge in [0, 0.05) is 16.7 Å². The average molecular weight is 689 g/mol. The van der Waals surface area contributed by atoms with Crippen molar-refractivity contribution < 1.29 is 35.1 Å². The van der Waals surface area contributed by atoms with E-state index in [0.29, 0.717) is 38.0 Å². The molecule has 0 aromatic rings. The predicted octanol–water partition coefficient (Wildman–Crippen LogP) is 4.50. The molecule has 14 atom stereocenters. The number of carbonyl (C=O) groups excluding carboxylic acids is 1. The van der Waals surface area contributed by atoms with Crippen molar-refractivity contribution in [1.29, 1.82) is 0 Å². The first-order valence-corrected chi connectivity index (χ1v) is 19.9. The molecule has 9 heteroatoms. The number of ketones is 1. The highest BCUT2D eigenvalue weighted by atomic mass is 16.6. The minimum absolute atomic E-state index is 0.0248. The summed E-state index contributed by atoms with van der Waals surface area (Å²) in [5, 5.41) is 62.0. The Hall–Kier alpha value is -0.910. The zero-order valence-corrected chi connectivity index (χ0v) is 31.1. The second kappa shape index (κ2) is 13.5. The number of epoxide rings is 1. The molecule has 49 heavy (non-hydrogen) atoms. The van der Waals surface area contributed by atoms with E-state index >= 15 is 0 Å². The van der Waals surface area contributed by atoms with Crippen molar-refractivity contribution in [3.05, 3.63) is 11.6 Å². The highest BCUT2D eigenvalue weighted by Crippen LogP contribution is 2.70. The third-order valence-corrected chi connectivity index (χ3v) is 15.8. The molecular formula is C40H68N2O7. The van der Waals surface area contributed by atoms with Gasteiger partial charge in [0.2, 0.25) is 0 Å². The second-order valence-corrected chi connectivity index (χ2v) is 18.5. The van der Waals surface area contributed by atoms with E-state index in [2.05, 4.69) is 19.2 Å². The van der Waals surface area contributed by atoms with Crippen LogP contribution in [-0.4, -0.2) is 85.7 Å². The normalized spacial score (nSPS) is 45.6. The molecule has 0 aromatic heterocycles. The number of rotatable bonds is 13. The van der Waals surface area contributed by atoms with Crippen molar-refractivity contribution in [2.24, 2.45) is 45.7 Å². The number of carbonyl (C=O) groups is 1. The maximum Gasteiger partial charge on any atom is 0.159 e. The molecule has 9 nitrogen and oxygen atoms in total. The topological polar surface area (TPSA) is 169 Å².